The van der Waals surface area contributed by atoms with Gasteiger partial charge in [0, 0.05) is 55.2 Å². The first-order valence-corrected chi connectivity index (χ1v) is 10.3. The van der Waals surface area contributed by atoms with Crippen molar-refractivity contribution < 1.29 is 4.79 Å². The molecule has 2 aromatic heterocycles. The van der Waals surface area contributed by atoms with Crippen LogP contribution in [0.1, 0.15) is 10.4 Å². The minimum atomic E-state index is 0.0736. The number of hydrogen-bond acceptors (Lipinski definition) is 5. The molecule has 0 radical (unpaired) electrons. The molecular formula is C20H20N4OS2. The second kappa shape index (κ2) is 8.10. The van der Waals surface area contributed by atoms with Crippen LogP contribution in [0.3, 0.4) is 0 Å². The third kappa shape index (κ3) is 3.99. The number of aromatic amines is 1. The zero-order valence-electron chi connectivity index (χ0n) is 14.8. The number of piperazine rings is 1. The Morgan fingerprint density at radius 3 is 2.67 bits per heavy atom. The second-order valence-electron chi connectivity index (χ2n) is 6.39. The Kier molecular flexibility index (Phi) is 5.40. The minimum absolute atomic E-state index is 0.0736. The van der Waals surface area contributed by atoms with Gasteiger partial charge >= 0.3 is 0 Å². The number of H-pyrrole nitrogens is 1. The van der Waals surface area contributed by atoms with Gasteiger partial charge in [0.1, 0.15) is 9.97 Å². The van der Waals surface area contributed by atoms with Gasteiger partial charge in [-0.3, -0.25) is 4.79 Å². The quantitative estimate of drug-likeness (QED) is 0.537. The third-order valence-corrected chi connectivity index (χ3v) is 6.26. The van der Waals surface area contributed by atoms with Gasteiger partial charge in [0.15, 0.2) is 5.78 Å². The fourth-order valence-electron chi connectivity index (χ4n) is 3.27. The molecule has 1 aromatic carbocycles. The number of fused-ring (bicyclic) bond motifs is 1. The summed E-state index contributed by atoms with van der Waals surface area (Å²) in [6.07, 6.45) is 3.45. The lowest BCUT2D eigenvalue weighted by Crippen LogP contribution is -2.47. The molecule has 1 N–H and O–H groups in total. The summed E-state index contributed by atoms with van der Waals surface area (Å²) >= 11 is 7.02. The molecule has 7 heteroatoms. The minimum Gasteiger partial charge on any atom is -0.368 e. The van der Waals surface area contributed by atoms with Gasteiger partial charge in [-0.25, -0.2) is 4.98 Å². The van der Waals surface area contributed by atoms with Gasteiger partial charge in [0.2, 0.25) is 0 Å². The maximum atomic E-state index is 12.6. The number of ketones is 1. The van der Waals surface area contributed by atoms with Crippen LogP contribution < -0.4 is 4.90 Å². The maximum absolute atomic E-state index is 12.6. The molecule has 138 valence electrons. The van der Waals surface area contributed by atoms with E-state index in [1.807, 2.05) is 18.2 Å². The van der Waals surface area contributed by atoms with Gasteiger partial charge in [-0.15, -0.1) is 0 Å². The first-order chi connectivity index (χ1) is 13.2. The van der Waals surface area contributed by atoms with Crippen LogP contribution in [0.25, 0.3) is 11.0 Å². The van der Waals surface area contributed by atoms with Crippen LogP contribution in [0.4, 0.5) is 5.69 Å². The van der Waals surface area contributed by atoms with Gasteiger partial charge in [-0.1, -0.05) is 42.2 Å². The SMILES string of the molecule is O=C(CSC(=S)N1CCN(c2ccccc2)CC1)c1c[nH]c2ncccc12. The van der Waals surface area contributed by atoms with Gasteiger partial charge < -0.3 is 14.8 Å². The van der Waals surface area contributed by atoms with Crippen LogP contribution in [0.2, 0.25) is 0 Å². The number of anilines is 1. The van der Waals surface area contributed by atoms with Crippen molar-refractivity contribution in [2.75, 3.05) is 36.8 Å². The predicted octanol–water partition coefficient (Wildman–Crippen LogP) is 3.59. The van der Waals surface area contributed by atoms with E-state index in [1.54, 1.807) is 12.4 Å². The number of para-hydroxylation sites is 1. The van der Waals surface area contributed by atoms with E-state index in [1.165, 1.54) is 17.4 Å². The van der Waals surface area contributed by atoms with Crippen LogP contribution in [0.5, 0.6) is 0 Å². The van der Waals surface area contributed by atoms with Crippen molar-refractivity contribution in [3.8, 4) is 0 Å². The van der Waals surface area contributed by atoms with Crippen LogP contribution in [-0.2, 0) is 0 Å². The number of hydrogen-bond donors (Lipinski definition) is 1. The largest absolute Gasteiger partial charge is 0.368 e. The maximum Gasteiger partial charge on any atom is 0.175 e. The van der Waals surface area contributed by atoms with Gasteiger partial charge in [-0.2, -0.15) is 0 Å². The van der Waals surface area contributed by atoms with Crippen molar-refractivity contribution >= 4 is 50.8 Å². The molecule has 1 saturated heterocycles. The summed E-state index contributed by atoms with van der Waals surface area (Å²) in [4.78, 5) is 24.4. The molecule has 1 aliphatic rings. The summed E-state index contributed by atoms with van der Waals surface area (Å²) in [5.74, 6) is 0.420. The molecule has 0 spiro atoms. The Bertz CT molecular complexity index is 949. The standard InChI is InChI=1S/C20H20N4OS2/c25-18(17-13-22-19-16(17)7-4-8-21-19)14-27-20(26)24-11-9-23(10-12-24)15-5-2-1-3-6-15/h1-8,13H,9-12,14H2,(H,21,22). The van der Waals surface area contributed by atoms with E-state index in [4.69, 9.17) is 12.2 Å². The molecule has 0 atom stereocenters. The molecule has 0 aliphatic carbocycles. The Labute approximate surface area is 167 Å². The average Bonchev–Trinajstić information content (AvgIpc) is 3.17. The van der Waals surface area contributed by atoms with Crippen molar-refractivity contribution in [3.63, 3.8) is 0 Å². The fourth-order valence-corrected chi connectivity index (χ4v) is 4.40. The number of pyridine rings is 1. The van der Waals surface area contributed by atoms with Crippen LogP contribution >= 0.6 is 24.0 Å². The Morgan fingerprint density at radius 1 is 1.11 bits per heavy atom. The Balaban J connectivity index is 1.30. The van der Waals surface area contributed by atoms with Crippen molar-refractivity contribution in [3.05, 3.63) is 60.4 Å². The summed E-state index contributed by atoms with van der Waals surface area (Å²) in [5.41, 5.74) is 2.67. The highest BCUT2D eigenvalue weighted by atomic mass is 32.2. The normalized spacial score (nSPS) is 14.5. The van der Waals surface area contributed by atoms with Crippen LogP contribution in [-0.4, -0.2) is 56.9 Å². The molecule has 1 fully saturated rings. The average molecular weight is 397 g/mol. The predicted molar refractivity (Wildman–Crippen MR) is 116 cm³/mol. The molecule has 1 aliphatic heterocycles. The summed E-state index contributed by atoms with van der Waals surface area (Å²) in [6.45, 7) is 3.64. The number of aromatic nitrogens is 2. The van der Waals surface area contributed by atoms with Crippen molar-refractivity contribution in [2.45, 2.75) is 0 Å². The molecule has 4 rings (SSSR count). The van der Waals surface area contributed by atoms with Crippen LogP contribution in [0.15, 0.2) is 54.9 Å². The highest BCUT2D eigenvalue weighted by molar-refractivity contribution is 8.23. The monoisotopic (exact) mass is 396 g/mol. The molecule has 5 nitrogen and oxygen atoms in total. The van der Waals surface area contributed by atoms with Crippen molar-refractivity contribution in [2.24, 2.45) is 0 Å². The highest BCUT2D eigenvalue weighted by Gasteiger charge is 2.21. The van der Waals surface area contributed by atoms with E-state index in [0.717, 1.165) is 41.5 Å². The molecule has 27 heavy (non-hydrogen) atoms. The van der Waals surface area contributed by atoms with Gasteiger partial charge in [-0.05, 0) is 24.3 Å². The summed E-state index contributed by atoms with van der Waals surface area (Å²) in [6, 6.07) is 14.2. The second-order valence-corrected chi connectivity index (χ2v) is 8.00. The number of nitrogens with one attached hydrogen (secondary N) is 1. The molecule has 0 amide bonds. The first-order valence-electron chi connectivity index (χ1n) is 8.89. The number of carbonyl (C=O) groups is 1. The van der Waals surface area contributed by atoms with E-state index >= 15 is 0 Å². The summed E-state index contributed by atoms with van der Waals surface area (Å²) < 4.78 is 0.800. The lowest BCUT2D eigenvalue weighted by atomic mass is 10.1. The fraction of sp³-hybridized carbons (Fsp3) is 0.250. The number of thioether (sulfide) groups is 1. The van der Waals surface area contributed by atoms with Crippen LogP contribution in [0, 0.1) is 0 Å². The smallest absolute Gasteiger partial charge is 0.175 e. The number of benzene rings is 1. The third-order valence-electron chi connectivity index (χ3n) is 4.74. The van der Waals surface area contributed by atoms with E-state index < -0.39 is 0 Å². The molecule has 0 unspecified atom stereocenters. The Hall–Kier alpha value is -2.38. The van der Waals surface area contributed by atoms with Crippen molar-refractivity contribution in [1.82, 2.24) is 14.9 Å². The van der Waals surface area contributed by atoms with Gasteiger partial charge in [0.25, 0.3) is 0 Å². The summed E-state index contributed by atoms with van der Waals surface area (Å²) in [5, 5.41) is 0.866. The van der Waals surface area contributed by atoms with Gasteiger partial charge in [0.05, 0.1) is 5.75 Å². The Morgan fingerprint density at radius 2 is 1.89 bits per heavy atom. The molecule has 0 bridgehead atoms. The first kappa shape index (κ1) is 18.0. The molecule has 3 aromatic rings. The van der Waals surface area contributed by atoms with Crippen molar-refractivity contribution in [1.29, 1.82) is 0 Å². The number of carbonyl (C=O) groups excluding carboxylic acids is 1. The topological polar surface area (TPSA) is 52.2 Å². The zero-order chi connectivity index (χ0) is 18.6. The number of thiocarbonyl (C=S) groups is 1. The van der Waals surface area contributed by atoms with E-state index in [-0.39, 0.29) is 5.78 Å². The number of Topliss-reactive ketones (excluding diaryl/α,β-unsaturated/α-hetero) is 1. The lowest BCUT2D eigenvalue weighted by Gasteiger charge is -2.37. The lowest BCUT2D eigenvalue weighted by molar-refractivity contribution is 0.102. The highest BCUT2D eigenvalue weighted by Crippen LogP contribution is 2.21. The molecule has 0 saturated carbocycles. The molecular weight excluding hydrogens is 376 g/mol. The van der Waals surface area contributed by atoms with E-state index in [9.17, 15) is 4.79 Å². The zero-order valence-corrected chi connectivity index (χ0v) is 16.4. The number of rotatable bonds is 4. The van der Waals surface area contributed by atoms with E-state index in [0.29, 0.717) is 11.3 Å². The number of nitrogens with zero attached hydrogens (tertiary/aromatic N) is 3. The summed E-state index contributed by atoms with van der Waals surface area (Å²) in [7, 11) is 0. The van der Waals surface area contributed by atoms with E-state index in [2.05, 4.69) is 44.0 Å². The molecule has 3 heterocycles.